The highest BCUT2D eigenvalue weighted by Gasteiger charge is 2.27. The molecule has 0 spiro atoms. The lowest BCUT2D eigenvalue weighted by molar-refractivity contribution is -0.119. The van der Waals surface area contributed by atoms with E-state index in [9.17, 15) is 18.8 Å². The number of benzene rings is 2. The average Bonchev–Trinajstić information content (AvgIpc) is 2.90. The fourth-order valence-electron chi connectivity index (χ4n) is 5.50. The standard InChI is InChI=1S/C30H32FN5O3/c1-19(37)33-24-11-13-25(14-12-24)36-29(38)27-16-23(31)17-32-28(27)35(30(36)39)26-6-4-5-22(15-26)21-9-7-20(8-10-21)18-34(2)3/h4-10,15-17,24-25H,11-14,18H2,1-3H3,(H,33,37). The van der Waals surface area contributed by atoms with Crippen LogP contribution in [0.25, 0.3) is 27.8 Å². The first-order chi connectivity index (χ1) is 18.7. The van der Waals surface area contributed by atoms with Crippen molar-refractivity contribution in [3.63, 3.8) is 0 Å². The fraction of sp³-hybridized carbons (Fsp3) is 0.333. The largest absolute Gasteiger partial charge is 0.354 e. The van der Waals surface area contributed by atoms with Gasteiger partial charge in [0.15, 0.2) is 5.65 Å². The van der Waals surface area contributed by atoms with Gasteiger partial charge in [-0.1, -0.05) is 36.4 Å². The van der Waals surface area contributed by atoms with E-state index in [2.05, 4.69) is 27.3 Å². The van der Waals surface area contributed by atoms with Crippen LogP contribution in [0.3, 0.4) is 0 Å². The summed E-state index contributed by atoms with van der Waals surface area (Å²) < 4.78 is 16.9. The summed E-state index contributed by atoms with van der Waals surface area (Å²) in [5, 5.41) is 2.97. The molecule has 1 fully saturated rings. The molecule has 0 unspecified atom stereocenters. The van der Waals surface area contributed by atoms with Crippen LogP contribution in [-0.2, 0) is 11.3 Å². The number of amides is 1. The van der Waals surface area contributed by atoms with Gasteiger partial charge >= 0.3 is 5.69 Å². The zero-order valence-electron chi connectivity index (χ0n) is 22.4. The van der Waals surface area contributed by atoms with Crippen molar-refractivity contribution in [3.8, 4) is 16.8 Å². The molecule has 1 N–H and O–H groups in total. The average molecular weight is 530 g/mol. The minimum atomic E-state index is -0.641. The molecule has 0 saturated heterocycles. The zero-order chi connectivity index (χ0) is 27.7. The van der Waals surface area contributed by atoms with E-state index in [-0.39, 0.29) is 29.0 Å². The molecule has 1 amide bonds. The first-order valence-corrected chi connectivity index (χ1v) is 13.2. The predicted molar refractivity (Wildman–Crippen MR) is 149 cm³/mol. The summed E-state index contributed by atoms with van der Waals surface area (Å²) in [6.45, 7) is 2.31. The van der Waals surface area contributed by atoms with Crippen LogP contribution in [0.1, 0.15) is 44.2 Å². The molecule has 0 bridgehead atoms. The number of rotatable bonds is 6. The second kappa shape index (κ2) is 10.9. The first kappa shape index (κ1) is 26.5. The summed E-state index contributed by atoms with van der Waals surface area (Å²) >= 11 is 0. The third-order valence-electron chi connectivity index (χ3n) is 7.25. The van der Waals surface area contributed by atoms with Crippen molar-refractivity contribution in [2.24, 2.45) is 0 Å². The molecular formula is C30H32FN5O3. The Bertz CT molecular complexity index is 1630. The van der Waals surface area contributed by atoms with Gasteiger partial charge in [-0.05, 0) is 74.7 Å². The topological polar surface area (TPSA) is 89.2 Å². The van der Waals surface area contributed by atoms with Crippen LogP contribution in [0, 0.1) is 5.82 Å². The van der Waals surface area contributed by atoms with Crippen molar-refractivity contribution in [2.75, 3.05) is 14.1 Å². The number of aromatic nitrogens is 3. The number of hydrogen-bond acceptors (Lipinski definition) is 5. The second-order valence-corrected chi connectivity index (χ2v) is 10.5. The highest BCUT2D eigenvalue weighted by Crippen LogP contribution is 2.28. The smallest absolute Gasteiger partial charge is 0.337 e. The Morgan fingerprint density at radius 2 is 1.74 bits per heavy atom. The van der Waals surface area contributed by atoms with Crippen LogP contribution in [-0.4, -0.2) is 45.1 Å². The van der Waals surface area contributed by atoms with Crippen LogP contribution in [0.5, 0.6) is 0 Å². The third-order valence-corrected chi connectivity index (χ3v) is 7.25. The number of pyridine rings is 1. The van der Waals surface area contributed by atoms with E-state index in [1.165, 1.54) is 21.6 Å². The van der Waals surface area contributed by atoms with E-state index in [0.29, 0.717) is 31.4 Å². The monoisotopic (exact) mass is 529 g/mol. The number of nitrogens with one attached hydrogen (secondary N) is 1. The van der Waals surface area contributed by atoms with Gasteiger partial charge in [0.1, 0.15) is 5.82 Å². The van der Waals surface area contributed by atoms with Gasteiger partial charge in [0, 0.05) is 25.6 Å². The molecule has 2 aromatic carbocycles. The lowest BCUT2D eigenvalue weighted by atomic mass is 9.91. The van der Waals surface area contributed by atoms with Gasteiger partial charge in [-0.3, -0.25) is 14.2 Å². The molecule has 2 heterocycles. The summed E-state index contributed by atoms with van der Waals surface area (Å²) in [5.74, 6) is -0.741. The van der Waals surface area contributed by atoms with E-state index < -0.39 is 17.1 Å². The second-order valence-electron chi connectivity index (χ2n) is 10.5. The van der Waals surface area contributed by atoms with Crippen molar-refractivity contribution in [3.05, 3.63) is 93.0 Å². The quantitative estimate of drug-likeness (QED) is 0.407. The van der Waals surface area contributed by atoms with Crippen molar-refractivity contribution >= 4 is 16.9 Å². The third kappa shape index (κ3) is 5.54. The summed E-state index contributed by atoms with van der Waals surface area (Å²) in [5.41, 5.74) is 2.68. The van der Waals surface area contributed by atoms with E-state index in [4.69, 9.17) is 0 Å². The molecule has 1 saturated carbocycles. The molecule has 9 heteroatoms. The lowest BCUT2D eigenvalue weighted by Gasteiger charge is -2.30. The summed E-state index contributed by atoms with van der Waals surface area (Å²) in [6.07, 6.45) is 3.42. The van der Waals surface area contributed by atoms with Crippen LogP contribution in [0.4, 0.5) is 4.39 Å². The SMILES string of the molecule is CC(=O)NC1CCC(n2c(=O)c3cc(F)cnc3n(-c3cccc(-c4ccc(CN(C)C)cc4)c3)c2=O)CC1. The molecule has 8 nitrogen and oxygen atoms in total. The minimum absolute atomic E-state index is 0.0111. The molecular weight excluding hydrogens is 497 g/mol. The summed E-state index contributed by atoms with van der Waals surface area (Å²) in [6, 6.07) is 16.5. The maximum Gasteiger partial charge on any atom is 0.337 e. The molecule has 39 heavy (non-hydrogen) atoms. The van der Waals surface area contributed by atoms with E-state index in [0.717, 1.165) is 29.9 Å². The Morgan fingerprint density at radius 3 is 2.41 bits per heavy atom. The molecule has 0 radical (unpaired) electrons. The Kier molecular flexibility index (Phi) is 7.43. The molecule has 0 atom stereocenters. The Morgan fingerprint density at radius 1 is 1.03 bits per heavy atom. The van der Waals surface area contributed by atoms with Gasteiger partial charge in [0.2, 0.25) is 5.91 Å². The van der Waals surface area contributed by atoms with Crippen molar-refractivity contribution < 1.29 is 9.18 Å². The van der Waals surface area contributed by atoms with Gasteiger partial charge in [-0.15, -0.1) is 0 Å². The van der Waals surface area contributed by atoms with Crippen molar-refractivity contribution in [1.82, 2.24) is 24.3 Å². The molecule has 1 aliphatic carbocycles. The molecule has 202 valence electrons. The van der Waals surface area contributed by atoms with Crippen molar-refractivity contribution in [1.29, 1.82) is 0 Å². The van der Waals surface area contributed by atoms with Crippen LogP contribution < -0.4 is 16.6 Å². The summed E-state index contributed by atoms with van der Waals surface area (Å²) in [4.78, 5) is 45.2. The van der Waals surface area contributed by atoms with E-state index in [1.54, 1.807) is 6.07 Å². The number of hydrogen-bond donors (Lipinski definition) is 1. The van der Waals surface area contributed by atoms with E-state index >= 15 is 0 Å². The predicted octanol–water partition coefficient (Wildman–Crippen LogP) is 4.03. The van der Waals surface area contributed by atoms with Crippen LogP contribution in [0.2, 0.25) is 0 Å². The Labute approximate surface area is 225 Å². The van der Waals surface area contributed by atoms with Gasteiger partial charge in [-0.25, -0.2) is 18.7 Å². The Hall–Kier alpha value is -4.11. The van der Waals surface area contributed by atoms with Crippen LogP contribution >= 0.6 is 0 Å². The van der Waals surface area contributed by atoms with Gasteiger partial charge in [-0.2, -0.15) is 0 Å². The number of carbonyl (C=O) groups is 1. The van der Waals surface area contributed by atoms with Gasteiger partial charge in [0.05, 0.1) is 17.3 Å². The number of fused-ring (bicyclic) bond motifs is 1. The highest BCUT2D eigenvalue weighted by atomic mass is 19.1. The fourth-order valence-corrected chi connectivity index (χ4v) is 5.50. The zero-order valence-corrected chi connectivity index (χ0v) is 22.4. The molecule has 5 rings (SSSR count). The lowest BCUT2D eigenvalue weighted by Crippen LogP contribution is -2.45. The maximum atomic E-state index is 14.3. The number of nitrogens with zero attached hydrogens (tertiary/aromatic N) is 4. The molecule has 0 aliphatic heterocycles. The first-order valence-electron chi connectivity index (χ1n) is 13.2. The maximum absolute atomic E-state index is 14.3. The number of halogens is 1. The van der Waals surface area contributed by atoms with Gasteiger partial charge in [0.25, 0.3) is 5.56 Å². The summed E-state index contributed by atoms with van der Waals surface area (Å²) in [7, 11) is 4.04. The van der Waals surface area contributed by atoms with Crippen molar-refractivity contribution in [2.45, 2.75) is 51.2 Å². The highest BCUT2D eigenvalue weighted by molar-refractivity contribution is 5.76. The number of carbonyl (C=O) groups excluding carboxylic acids is 1. The molecule has 4 aromatic rings. The Balaban J connectivity index is 1.59. The normalized spacial score (nSPS) is 17.5. The molecule has 1 aliphatic rings. The molecule has 2 aromatic heterocycles. The van der Waals surface area contributed by atoms with Gasteiger partial charge < -0.3 is 10.2 Å². The van der Waals surface area contributed by atoms with Crippen LogP contribution in [0.15, 0.2) is 70.4 Å². The van der Waals surface area contributed by atoms with E-state index in [1.807, 2.05) is 44.4 Å². The minimum Gasteiger partial charge on any atom is -0.354 e.